The second kappa shape index (κ2) is 9.85. The summed E-state index contributed by atoms with van der Waals surface area (Å²) in [6.45, 7) is 2.87. The number of nitriles is 2. The number of carbonyl (C=O) groups is 1. The van der Waals surface area contributed by atoms with E-state index in [-0.39, 0.29) is 5.91 Å². The molecule has 110 valence electrons. The lowest BCUT2D eigenvalue weighted by molar-refractivity contribution is -0.128. The van der Waals surface area contributed by atoms with Crippen LogP contribution in [0.4, 0.5) is 0 Å². The Balaban J connectivity index is 2.44. The summed E-state index contributed by atoms with van der Waals surface area (Å²) in [5, 5.41) is 17.2. The number of hydrogen-bond donors (Lipinski definition) is 0. The van der Waals surface area contributed by atoms with Crippen molar-refractivity contribution in [2.75, 3.05) is 18.8 Å². The van der Waals surface area contributed by atoms with E-state index in [4.69, 9.17) is 10.5 Å². The molecule has 0 saturated carbocycles. The molecule has 0 saturated heterocycles. The molecule has 0 bridgehead atoms. The summed E-state index contributed by atoms with van der Waals surface area (Å²) in [6, 6.07) is 12.2. The summed E-state index contributed by atoms with van der Waals surface area (Å²) in [6.07, 6.45) is 0.610. The molecule has 1 amide bonds. The van der Waals surface area contributed by atoms with Crippen LogP contribution in [-0.2, 0) is 10.5 Å². The quantitative estimate of drug-likeness (QED) is 0.740. The number of carbonyl (C=O) groups excluding carboxylic acids is 1. The minimum Gasteiger partial charge on any atom is -0.340 e. The Hall–Kier alpha value is -1.98. The molecule has 4 nitrogen and oxygen atoms in total. The number of benzene rings is 1. The van der Waals surface area contributed by atoms with Crippen LogP contribution < -0.4 is 0 Å². The van der Waals surface area contributed by atoms with Crippen LogP contribution in [0.2, 0.25) is 0 Å². The number of nitrogens with zero attached hydrogens (tertiary/aromatic N) is 3. The van der Waals surface area contributed by atoms with E-state index in [1.807, 2.05) is 24.3 Å². The Bertz CT molecular complexity index is 527. The first kappa shape index (κ1) is 17.1. The first-order valence-electron chi connectivity index (χ1n) is 6.83. The number of rotatable bonds is 8. The second-order valence-electron chi connectivity index (χ2n) is 4.62. The molecule has 1 aromatic carbocycles. The van der Waals surface area contributed by atoms with E-state index in [9.17, 15) is 4.79 Å². The van der Waals surface area contributed by atoms with Gasteiger partial charge < -0.3 is 4.90 Å². The van der Waals surface area contributed by atoms with Crippen molar-refractivity contribution in [3.05, 3.63) is 35.4 Å². The number of hydrogen-bond acceptors (Lipinski definition) is 4. The van der Waals surface area contributed by atoms with Crippen LogP contribution in [0, 0.1) is 29.6 Å². The van der Waals surface area contributed by atoms with E-state index < -0.39 is 0 Å². The lowest BCUT2D eigenvalue weighted by atomic mass is 10.1. The average Bonchev–Trinajstić information content (AvgIpc) is 2.49. The van der Waals surface area contributed by atoms with E-state index in [1.54, 1.807) is 16.7 Å². The van der Waals surface area contributed by atoms with Crippen LogP contribution in [0.5, 0.6) is 0 Å². The Morgan fingerprint density at radius 3 is 2.38 bits per heavy atom. The fraction of sp³-hybridized carbons (Fsp3) is 0.438. The zero-order valence-corrected chi connectivity index (χ0v) is 13.0. The molecule has 0 heterocycles. The molecule has 5 heteroatoms. The van der Waals surface area contributed by atoms with Gasteiger partial charge in [-0.05, 0) is 18.1 Å². The van der Waals surface area contributed by atoms with Gasteiger partial charge in [-0.3, -0.25) is 4.79 Å². The summed E-state index contributed by atoms with van der Waals surface area (Å²) in [4.78, 5) is 13.7. The van der Waals surface area contributed by atoms with Gasteiger partial charge in [0, 0.05) is 18.8 Å². The monoisotopic (exact) mass is 301 g/mol. The highest BCUT2D eigenvalue weighted by molar-refractivity contribution is 7.99. The molecular formula is C16H19N3OS. The summed E-state index contributed by atoms with van der Waals surface area (Å²) in [5.74, 6) is 1.17. The third-order valence-corrected chi connectivity index (χ3v) is 4.05. The van der Waals surface area contributed by atoms with E-state index in [0.717, 1.165) is 5.75 Å². The van der Waals surface area contributed by atoms with Crippen LogP contribution >= 0.6 is 11.8 Å². The number of thioether (sulfide) groups is 1. The standard InChI is InChI=1S/C16H19N3OS/c1-14-6-2-3-7-15(14)12-21-13-16(20)19(10-4-8-17)11-5-9-18/h2-3,6-7H,4-5,10-13H2,1H3. The number of aryl methyl sites for hydroxylation is 1. The van der Waals surface area contributed by atoms with E-state index >= 15 is 0 Å². The third kappa shape index (κ3) is 6.33. The summed E-state index contributed by atoms with van der Waals surface area (Å²) in [5.41, 5.74) is 2.46. The molecule has 0 spiro atoms. The third-order valence-electron chi connectivity index (χ3n) is 3.08. The van der Waals surface area contributed by atoms with Gasteiger partial charge in [0.2, 0.25) is 5.91 Å². The molecule has 0 aliphatic heterocycles. The Morgan fingerprint density at radius 1 is 1.19 bits per heavy atom. The molecule has 0 unspecified atom stereocenters. The molecule has 0 aliphatic rings. The SMILES string of the molecule is Cc1ccccc1CSCC(=O)N(CCC#N)CCC#N. The fourth-order valence-corrected chi connectivity index (χ4v) is 2.85. The molecular weight excluding hydrogens is 282 g/mol. The minimum atomic E-state index is -0.000848. The van der Waals surface area contributed by atoms with E-state index in [2.05, 4.69) is 19.1 Å². The highest BCUT2D eigenvalue weighted by Crippen LogP contribution is 2.16. The van der Waals surface area contributed by atoms with Crippen molar-refractivity contribution in [3.63, 3.8) is 0 Å². The smallest absolute Gasteiger partial charge is 0.232 e. The summed E-state index contributed by atoms with van der Waals surface area (Å²) in [7, 11) is 0. The molecule has 1 aromatic rings. The van der Waals surface area contributed by atoms with Gasteiger partial charge in [0.05, 0.1) is 30.7 Å². The Labute approximate surface area is 130 Å². The normalized spacial score (nSPS) is 9.67. The van der Waals surface area contributed by atoms with Gasteiger partial charge in [-0.25, -0.2) is 0 Å². The summed E-state index contributed by atoms with van der Waals surface area (Å²) >= 11 is 1.57. The van der Waals surface area contributed by atoms with Crippen LogP contribution in [0.15, 0.2) is 24.3 Å². The van der Waals surface area contributed by atoms with Gasteiger partial charge in [0.15, 0.2) is 0 Å². The topological polar surface area (TPSA) is 67.9 Å². The van der Waals surface area contributed by atoms with Gasteiger partial charge >= 0.3 is 0 Å². The van der Waals surface area contributed by atoms with Crippen LogP contribution in [0.1, 0.15) is 24.0 Å². The largest absolute Gasteiger partial charge is 0.340 e. The first-order chi connectivity index (χ1) is 10.2. The lowest BCUT2D eigenvalue weighted by Gasteiger charge is -2.20. The van der Waals surface area contributed by atoms with Gasteiger partial charge in [0.1, 0.15) is 0 Å². The Kier molecular flexibility index (Phi) is 8.01. The maximum Gasteiger partial charge on any atom is 0.232 e. The minimum absolute atomic E-state index is 0.000848. The van der Waals surface area contributed by atoms with Gasteiger partial charge in [-0.2, -0.15) is 10.5 Å². The zero-order valence-electron chi connectivity index (χ0n) is 12.2. The van der Waals surface area contributed by atoms with Crippen molar-refractivity contribution >= 4 is 17.7 Å². The second-order valence-corrected chi connectivity index (χ2v) is 5.60. The van der Waals surface area contributed by atoms with Crippen LogP contribution in [0.25, 0.3) is 0 Å². The predicted molar refractivity (Wildman–Crippen MR) is 84.4 cm³/mol. The van der Waals surface area contributed by atoms with Gasteiger partial charge in [0.25, 0.3) is 0 Å². The molecule has 1 rings (SSSR count). The van der Waals surface area contributed by atoms with Gasteiger partial charge in [-0.1, -0.05) is 24.3 Å². The zero-order chi connectivity index (χ0) is 15.5. The number of amides is 1. The van der Waals surface area contributed by atoms with Gasteiger partial charge in [-0.15, -0.1) is 11.8 Å². The molecule has 0 aromatic heterocycles. The van der Waals surface area contributed by atoms with Crippen molar-refractivity contribution in [1.29, 1.82) is 10.5 Å². The van der Waals surface area contributed by atoms with Crippen molar-refractivity contribution < 1.29 is 4.79 Å². The molecule has 0 atom stereocenters. The highest BCUT2D eigenvalue weighted by Gasteiger charge is 2.13. The predicted octanol–water partition coefficient (Wildman–Crippen LogP) is 2.88. The summed E-state index contributed by atoms with van der Waals surface area (Å²) < 4.78 is 0. The van der Waals surface area contributed by atoms with E-state index in [1.165, 1.54) is 11.1 Å². The molecule has 0 radical (unpaired) electrons. The van der Waals surface area contributed by atoms with Crippen molar-refractivity contribution in [2.45, 2.75) is 25.5 Å². The highest BCUT2D eigenvalue weighted by atomic mass is 32.2. The molecule has 21 heavy (non-hydrogen) atoms. The molecule has 0 N–H and O–H groups in total. The fourth-order valence-electron chi connectivity index (χ4n) is 1.84. The average molecular weight is 301 g/mol. The maximum absolute atomic E-state index is 12.1. The van der Waals surface area contributed by atoms with Crippen molar-refractivity contribution in [3.8, 4) is 12.1 Å². The lowest BCUT2D eigenvalue weighted by Crippen LogP contribution is -2.34. The van der Waals surface area contributed by atoms with Crippen LogP contribution in [-0.4, -0.2) is 29.6 Å². The van der Waals surface area contributed by atoms with Crippen molar-refractivity contribution in [1.82, 2.24) is 4.90 Å². The van der Waals surface area contributed by atoms with Crippen LogP contribution in [0.3, 0.4) is 0 Å². The maximum atomic E-state index is 12.1. The first-order valence-corrected chi connectivity index (χ1v) is 7.98. The molecule has 0 aliphatic carbocycles. The molecule has 0 fully saturated rings. The van der Waals surface area contributed by atoms with Crippen molar-refractivity contribution in [2.24, 2.45) is 0 Å². The van der Waals surface area contributed by atoms with E-state index in [0.29, 0.717) is 31.7 Å². The Morgan fingerprint density at radius 2 is 1.81 bits per heavy atom.